The zero-order valence-corrected chi connectivity index (χ0v) is 11.2. The second-order valence-electron chi connectivity index (χ2n) is 3.97. The van der Waals surface area contributed by atoms with Crippen molar-refractivity contribution in [2.75, 3.05) is 5.32 Å². The maximum absolute atomic E-state index is 13.1. The van der Waals surface area contributed by atoms with Crippen molar-refractivity contribution in [2.24, 2.45) is 0 Å². The normalized spacial score (nSPS) is 12.5. The van der Waals surface area contributed by atoms with Crippen LogP contribution in [0.15, 0.2) is 30.3 Å². The molecule has 1 N–H and O–H groups in total. The molecule has 1 unspecified atom stereocenters. The average Bonchev–Trinajstić information content (AvgIpc) is 2.70. The van der Waals surface area contributed by atoms with Gasteiger partial charge in [-0.2, -0.15) is 0 Å². The van der Waals surface area contributed by atoms with Crippen molar-refractivity contribution >= 4 is 28.6 Å². The van der Waals surface area contributed by atoms with E-state index in [2.05, 4.69) is 5.32 Å². The van der Waals surface area contributed by atoms with Gasteiger partial charge in [-0.25, -0.2) is 4.39 Å². The van der Waals surface area contributed by atoms with E-state index in [9.17, 15) is 4.39 Å². The Morgan fingerprint density at radius 3 is 2.71 bits per heavy atom. The summed E-state index contributed by atoms with van der Waals surface area (Å²) in [5.41, 5.74) is 1.85. The molecular formula is C13H13ClFNS. The van der Waals surface area contributed by atoms with Crippen molar-refractivity contribution in [1.82, 2.24) is 0 Å². The van der Waals surface area contributed by atoms with Gasteiger partial charge < -0.3 is 5.32 Å². The molecule has 4 heteroatoms. The van der Waals surface area contributed by atoms with Crippen LogP contribution in [0.25, 0.3) is 0 Å². The molecule has 0 aliphatic heterocycles. The van der Waals surface area contributed by atoms with E-state index in [0.29, 0.717) is 0 Å². The maximum Gasteiger partial charge on any atom is 0.125 e. The molecule has 0 aliphatic carbocycles. The first-order valence-corrected chi connectivity index (χ1v) is 6.53. The van der Waals surface area contributed by atoms with Gasteiger partial charge in [-0.3, -0.25) is 0 Å². The lowest BCUT2D eigenvalue weighted by molar-refractivity contribution is 0.627. The molecule has 1 nitrogen and oxygen atoms in total. The van der Waals surface area contributed by atoms with Gasteiger partial charge in [0.05, 0.1) is 10.4 Å². The molecule has 1 aromatic heterocycles. The largest absolute Gasteiger partial charge is 0.377 e. The topological polar surface area (TPSA) is 12.0 Å². The van der Waals surface area contributed by atoms with Crippen LogP contribution >= 0.6 is 22.9 Å². The molecule has 2 rings (SSSR count). The first kappa shape index (κ1) is 12.4. The molecule has 0 bridgehead atoms. The molecular weight excluding hydrogens is 257 g/mol. The van der Waals surface area contributed by atoms with Crippen molar-refractivity contribution in [3.05, 3.63) is 50.9 Å². The maximum atomic E-state index is 13.1. The number of rotatable bonds is 3. The molecule has 0 aliphatic rings. The number of nitrogens with one attached hydrogen (secondary N) is 1. The minimum Gasteiger partial charge on any atom is -0.377 e. The smallest absolute Gasteiger partial charge is 0.125 e. The van der Waals surface area contributed by atoms with Crippen molar-refractivity contribution < 1.29 is 4.39 Å². The van der Waals surface area contributed by atoms with Gasteiger partial charge in [-0.15, -0.1) is 11.3 Å². The summed E-state index contributed by atoms with van der Waals surface area (Å²) in [5, 5.41) is 3.29. The van der Waals surface area contributed by atoms with Crippen LogP contribution in [0.5, 0.6) is 0 Å². The molecule has 0 amide bonds. The van der Waals surface area contributed by atoms with E-state index < -0.39 is 0 Å². The number of halogens is 2. The molecule has 17 heavy (non-hydrogen) atoms. The van der Waals surface area contributed by atoms with Gasteiger partial charge in [0.15, 0.2) is 0 Å². The Bertz CT molecular complexity index is 524. The zero-order valence-electron chi connectivity index (χ0n) is 9.63. The number of aryl methyl sites for hydroxylation is 1. The van der Waals surface area contributed by atoms with Crippen molar-refractivity contribution in [2.45, 2.75) is 19.9 Å². The third-order valence-electron chi connectivity index (χ3n) is 2.59. The van der Waals surface area contributed by atoms with Crippen LogP contribution in [0.1, 0.15) is 23.4 Å². The summed E-state index contributed by atoms with van der Waals surface area (Å²) < 4.78 is 13.9. The highest BCUT2D eigenvalue weighted by molar-refractivity contribution is 7.16. The summed E-state index contributed by atoms with van der Waals surface area (Å²) >= 11 is 7.43. The summed E-state index contributed by atoms with van der Waals surface area (Å²) in [6.07, 6.45) is 0. The Labute approximate surface area is 109 Å². The van der Waals surface area contributed by atoms with E-state index in [1.54, 1.807) is 6.07 Å². The molecule has 1 heterocycles. The van der Waals surface area contributed by atoms with Gasteiger partial charge in [0, 0.05) is 10.6 Å². The highest BCUT2D eigenvalue weighted by Gasteiger charge is 2.09. The van der Waals surface area contributed by atoms with Gasteiger partial charge in [0.25, 0.3) is 0 Å². The van der Waals surface area contributed by atoms with E-state index in [1.165, 1.54) is 23.5 Å². The molecule has 2 aromatic rings. The lowest BCUT2D eigenvalue weighted by Gasteiger charge is -2.15. The average molecular weight is 270 g/mol. The fraction of sp³-hybridized carbons (Fsp3) is 0.231. The number of benzene rings is 1. The lowest BCUT2D eigenvalue weighted by Crippen LogP contribution is -2.06. The Balaban J connectivity index is 2.18. The van der Waals surface area contributed by atoms with Crippen LogP contribution < -0.4 is 5.32 Å². The third-order valence-corrected chi connectivity index (χ3v) is 4.01. The minimum absolute atomic E-state index is 0.119. The van der Waals surface area contributed by atoms with Crippen molar-refractivity contribution in [1.29, 1.82) is 0 Å². The predicted molar refractivity (Wildman–Crippen MR) is 72.5 cm³/mol. The van der Waals surface area contributed by atoms with Gasteiger partial charge in [-0.1, -0.05) is 17.7 Å². The number of thiophene rings is 1. The second-order valence-corrected chi connectivity index (χ2v) is 5.71. The van der Waals surface area contributed by atoms with E-state index in [1.807, 2.05) is 26.0 Å². The monoisotopic (exact) mass is 269 g/mol. The fourth-order valence-corrected chi connectivity index (χ4v) is 2.68. The van der Waals surface area contributed by atoms with Gasteiger partial charge in [-0.05, 0) is 43.7 Å². The first-order chi connectivity index (χ1) is 8.06. The lowest BCUT2D eigenvalue weighted by atomic mass is 10.1. The van der Waals surface area contributed by atoms with Gasteiger partial charge in [0.1, 0.15) is 5.82 Å². The first-order valence-electron chi connectivity index (χ1n) is 5.34. The van der Waals surface area contributed by atoms with E-state index in [0.717, 1.165) is 20.5 Å². The van der Waals surface area contributed by atoms with E-state index in [4.69, 9.17) is 11.6 Å². The highest BCUT2D eigenvalue weighted by Crippen LogP contribution is 2.29. The van der Waals surface area contributed by atoms with E-state index in [-0.39, 0.29) is 11.9 Å². The quantitative estimate of drug-likeness (QED) is 0.825. The van der Waals surface area contributed by atoms with Crippen molar-refractivity contribution in [3.63, 3.8) is 0 Å². The summed E-state index contributed by atoms with van der Waals surface area (Å²) in [7, 11) is 0. The molecule has 1 atom stereocenters. The number of anilines is 1. The molecule has 0 saturated carbocycles. The molecule has 0 fully saturated rings. The summed E-state index contributed by atoms with van der Waals surface area (Å²) in [5.74, 6) is -0.227. The third kappa shape index (κ3) is 2.99. The minimum atomic E-state index is -0.227. The van der Waals surface area contributed by atoms with Crippen LogP contribution in [0.4, 0.5) is 10.1 Å². The predicted octanol–water partition coefficient (Wildman–Crippen LogP) is 5.02. The van der Waals surface area contributed by atoms with Crippen LogP contribution in [0, 0.1) is 12.7 Å². The molecule has 1 aromatic carbocycles. The SMILES string of the molecule is Cc1ccc(F)cc1NC(C)c1ccc(Cl)s1. The van der Waals surface area contributed by atoms with Gasteiger partial charge in [0.2, 0.25) is 0 Å². The Morgan fingerprint density at radius 2 is 2.06 bits per heavy atom. The highest BCUT2D eigenvalue weighted by atomic mass is 35.5. The van der Waals surface area contributed by atoms with Crippen LogP contribution in [0.3, 0.4) is 0 Å². The molecule has 0 spiro atoms. The summed E-state index contributed by atoms with van der Waals surface area (Å²) in [4.78, 5) is 1.14. The van der Waals surface area contributed by atoms with Crippen molar-refractivity contribution in [3.8, 4) is 0 Å². The summed E-state index contributed by atoms with van der Waals surface area (Å²) in [6, 6.07) is 8.73. The second kappa shape index (κ2) is 5.07. The van der Waals surface area contributed by atoms with Gasteiger partial charge >= 0.3 is 0 Å². The van der Waals surface area contributed by atoms with Crippen LogP contribution in [0.2, 0.25) is 4.34 Å². The summed E-state index contributed by atoms with van der Waals surface area (Å²) in [6.45, 7) is 3.99. The van der Waals surface area contributed by atoms with Crippen LogP contribution in [-0.2, 0) is 0 Å². The Morgan fingerprint density at radius 1 is 1.29 bits per heavy atom. The van der Waals surface area contributed by atoms with E-state index >= 15 is 0 Å². The Kier molecular flexibility index (Phi) is 3.69. The molecule has 0 radical (unpaired) electrons. The number of hydrogen-bond donors (Lipinski definition) is 1. The standard InChI is InChI=1S/C13H13ClFNS/c1-8-3-4-10(15)7-11(8)16-9(2)12-5-6-13(14)17-12/h3-7,9,16H,1-2H3. The Hall–Kier alpha value is -1.06. The molecule has 90 valence electrons. The van der Waals surface area contributed by atoms with Crippen LogP contribution in [-0.4, -0.2) is 0 Å². The number of hydrogen-bond acceptors (Lipinski definition) is 2. The zero-order chi connectivity index (χ0) is 12.4. The fourth-order valence-electron chi connectivity index (χ4n) is 1.62. The molecule has 0 saturated heterocycles.